The van der Waals surface area contributed by atoms with Crippen LogP contribution < -0.4 is 11.1 Å². The molecule has 3 N–H and O–H groups in total. The van der Waals surface area contributed by atoms with Crippen molar-refractivity contribution < 1.29 is 22.4 Å². The highest BCUT2D eigenvalue weighted by molar-refractivity contribution is 6.04. The number of rotatable bonds is 5. The second-order valence-corrected chi connectivity index (χ2v) is 9.01. The Labute approximate surface area is 190 Å². The number of piperidine rings is 2. The van der Waals surface area contributed by atoms with E-state index in [1.165, 1.54) is 25.1 Å². The van der Waals surface area contributed by atoms with Crippen LogP contribution in [0.2, 0.25) is 0 Å². The first-order valence-electron chi connectivity index (χ1n) is 11.1. The Morgan fingerprint density at radius 1 is 1.09 bits per heavy atom. The highest BCUT2D eigenvalue weighted by Crippen LogP contribution is 2.45. The number of nitrogens with one attached hydrogen (secondary N) is 1. The lowest BCUT2D eigenvalue weighted by molar-refractivity contribution is -0.0385. The maximum Gasteiger partial charge on any atom is 0.314 e. The zero-order chi connectivity index (χ0) is 23.9. The third-order valence-corrected chi connectivity index (χ3v) is 6.67. The van der Waals surface area contributed by atoms with Gasteiger partial charge in [-0.1, -0.05) is 6.58 Å². The summed E-state index contributed by atoms with van der Waals surface area (Å²) < 4.78 is 59.2. The molecule has 2 aromatic carbocycles. The Morgan fingerprint density at radius 2 is 1.73 bits per heavy atom. The molecule has 3 atom stereocenters. The molecule has 2 aliphatic heterocycles. The zero-order valence-electron chi connectivity index (χ0n) is 18.4. The Bertz CT molecular complexity index is 1070. The molecule has 0 aromatic heterocycles. The standard InChI is InChI=1S/C25H27F4N3O/c1-14-10-18(7-9-22(14)26)31-24(33)16-6-8-23(27)21(11-16)25(28,29)15(2)32-19-4-3-5-20(32)13-17(30)12-19/h6-11,17,19-20H,2-5,12-13,30H2,1H3,(H,31,33)/t17?,19-,20+. The van der Waals surface area contributed by atoms with Crippen molar-refractivity contribution in [3.05, 3.63) is 77.0 Å². The van der Waals surface area contributed by atoms with Gasteiger partial charge in [0.25, 0.3) is 5.91 Å². The fourth-order valence-corrected chi connectivity index (χ4v) is 5.01. The van der Waals surface area contributed by atoms with Crippen LogP contribution in [0.3, 0.4) is 0 Å². The number of amides is 1. The number of carbonyl (C=O) groups is 1. The average Bonchev–Trinajstić information content (AvgIpc) is 2.75. The molecule has 1 amide bonds. The number of aryl methyl sites for hydroxylation is 1. The Balaban J connectivity index is 1.60. The van der Waals surface area contributed by atoms with E-state index in [-0.39, 0.29) is 23.7 Å². The molecule has 2 aliphatic rings. The number of fused-ring (bicyclic) bond motifs is 2. The zero-order valence-corrected chi connectivity index (χ0v) is 18.4. The lowest BCUT2D eigenvalue weighted by Gasteiger charge is -2.51. The Kier molecular flexibility index (Phi) is 6.22. The first-order valence-corrected chi connectivity index (χ1v) is 11.1. The summed E-state index contributed by atoms with van der Waals surface area (Å²) in [7, 11) is 0. The fraction of sp³-hybridized carbons (Fsp3) is 0.400. The lowest BCUT2D eigenvalue weighted by Crippen LogP contribution is -2.56. The van der Waals surface area contributed by atoms with E-state index in [0.717, 1.165) is 37.5 Å². The topological polar surface area (TPSA) is 58.4 Å². The molecule has 8 heteroatoms. The second-order valence-electron chi connectivity index (χ2n) is 9.01. The van der Waals surface area contributed by atoms with E-state index in [9.17, 15) is 13.6 Å². The number of allylic oxidation sites excluding steroid dienone is 1. The number of nitrogens with two attached hydrogens (primary N) is 1. The van der Waals surface area contributed by atoms with E-state index in [0.29, 0.717) is 24.1 Å². The SMILES string of the molecule is C=C(N1[C@@H]2CCC[C@H]1CC(N)C2)C(F)(F)c1cc(C(=O)Nc2ccc(F)c(C)c2)ccc1F. The van der Waals surface area contributed by atoms with Crippen molar-refractivity contribution in [2.45, 2.75) is 63.1 Å². The van der Waals surface area contributed by atoms with Crippen LogP contribution in [0.5, 0.6) is 0 Å². The van der Waals surface area contributed by atoms with Gasteiger partial charge in [0.2, 0.25) is 0 Å². The number of anilines is 1. The van der Waals surface area contributed by atoms with Gasteiger partial charge >= 0.3 is 5.92 Å². The van der Waals surface area contributed by atoms with E-state index >= 15 is 8.78 Å². The fourth-order valence-electron chi connectivity index (χ4n) is 5.01. The van der Waals surface area contributed by atoms with Crippen molar-refractivity contribution in [2.24, 2.45) is 5.73 Å². The van der Waals surface area contributed by atoms with Crippen LogP contribution in [0.15, 0.2) is 48.7 Å². The van der Waals surface area contributed by atoms with E-state index < -0.39 is 34.7 Å². The normalized spacial score (nSPS) is 22.7. The number of benzene rings is 2. The quantitative estimate of drug-likeness (QED) is 0.580. The minimum Gasteiger partial charge on any atom is -0.364 e. The molecule has 2 fully saturated rings. The number of halogens is 4. The number of carbonyl (C=O) groups excluding carboxylic acids is 1. The Hall–Kier alpha value is -2.87. The summed E-state index contributed by atoms with van der Waals surface area (Å²) in [6, 6.07) is 6.49. The Morgan fingerprint density at radius 3 is 2.36 bits per heavy atom. The minimum absolute atomic E-state index is 0.0446. The van der Waals surface area contributed by atoms with E-state index in [2.05, 4.69) is 11.9 Å². The predicted octanol–water partition coefficient (Wildman–Crippen LogP) is 5.48. The summed E-state index contributed by atoms with van der Waals surface area (Å²) in [4.78, 5) is 14.3. The van der Waals surface area contributed by atoms with Gasteiger partial charge in [-0.15, -0.1) is 0 Å². The molecule has 0 spiro atoms. The predicted molar refractivity (Wildman–Crippen MR) is 119 cm³/mol. The van der Waals surface area contributed by atoms with Crippen LogP contribution >= 0.6 is 0 Å². The minimum atomic E-state index is -3.71. The van der Waals surface area contributed by atoms with Gasteiger partial charge in [-0.3, -0.25) is 4.79 Å². The van der Waals surface area contributed by atoms with Crippen molar-refractivity contribution in [1.29, 1.82) is 0 Å². The molecule has 2 saturated heterocycles. The molecule has 176 valence electrons. The summed E-state index contributed by atoms with van der Waals surface area (Å²) >= 11 is 0. The lowest BCUT2D eigenvalue weighted by atomic mass is 9.81. The molecule has 1 unspecified atom stereocenters. The van der Waals surface area contributed by atoms with Crippen LogP contribution in [0.1, 0.15) is 53.6 Å². The maximum absolute atomic E-state index is 15.6. The molecule has 2 bridgehead atoms. The summed E-state index contributed by atoms with van der Waals surface area (Å²) in [5.41, 5.74) is 5.22. The van der Waals surface area contributed by atoms with Crippen LogP contribution in [-0.2, 0) is 5.92 Å². The molecule has 4 nitrogen and oxygen atoms in total. The maximum atomic E-state index is 15.6. The molecule has 33 heavy (non-hydrogen) atoms. The van der Waals surface area contributed by atoms with Gasteiger partial charge in [-0.25, -0.2) is 8.78 Å². The van der Waals surface area contributed by atoms with Crippen LogP contribution in [-0.4, -0.2) is 28.9 Å². The molecule has 0 saturated carbocycles. The van der Waals surface area contributed by atoms with Crippen LogP contribution in [0.4, 0.5) is 23.2 Å². The van der Waals surface area contributed by atoms with Gasteiger partial charge in [-0.2, -0.15) is 8.78 Å². The number of alkyl halides is 2. The van der Waals surface area contributed by atoms with Gasteiger partial charge in [0.1, 0.15) is 11.6 Å². The van der Waals surface area contributed by atoms with Gasteiger partial charge in [0.15, 0.2) is 0 Å². The van der Waals surface area contributed by atoms with Crippen LogP contribution in [0, 0.1) is 18.6 Å². The van der Waals surface area contributed by atoms with E-state index in [1.54, 1.807) is 4.90 Å². The first-order chi connectivity index (χ1) is 15.6. The summed E-state index contributed by atoms with van der Waals surface area (Å²) in [6.45, 7) is 5.21. The first kappa shape index (κ1) is 23.3. The number of hydrogen-bond donors (Lipinski definition) is 2. The third kappa shape index (κ3) is 4.49. The summed E-state index contributed by atoms with van der Waals surface area (Å²) in [5.74, 6) is -5.96. The average molecular weight is 462 g/mol. The van der Waals surface area contributed by atoms with Crippen molar-refractivity contribution >= 4 is 11.6 Å². The largest absolute Gasteiger partial charge is 0.364 e. The highest BCUT2D eigenvalue weighted by atomic mass is 19.3. The smallest absolute Gasteiger partial charge is 0.314 e. The highest BCUT2D eigenvalue weighted by Gasteiger charge is 2.47. The molecule has 2 aromatic rings. The number of nitrogens with zero attached hydrogens (tertiary/aromatic N) is 1. The van der Waals surface area contributed by atoms with Crippen molar-refractivity contribution in [3.8, 4) is 0 Å². The monoisotopic (exact) mass is 461 g/mol. The molecular formula is C25H27F4N3O. The van der Waals surface area contributed by atoms with E-state index in [4.69, 9.17) is 5.73 Å². The van der Waals surface area contributed by atoms with Crippen LogP contribution in [0.25, 0.3) is 0 Å². The third-order valence-electron chi connectivity index (χ3n) is 6.67. The summed E-state index contributed by atoms with van der Waals surface area (Å²) in [6.07, 6.45) is 3.59. The molecule has 4 rings (SSSR count). The molecule has 0 radical (unpaired) electrons. The van der Waals surface area contributed by atoms with Gasteiger partial charge in [-0.05, 0) is 81.0 Å². The van der Waals surface area contributed by atoms with Gasteiger partial charge in [0.05, 0.1) is 11.3 Å². The molecule has 2 heterocycles. The van der Waals surface area contributed by atoms with Crippen molar-refractivity contribution in [2.75, 3.05) is 5.32 Å². The van der Waals surface area contributed by atoms with Crippen molar-refractivity contribution in [1.82, 2.24) is 4.90 Å². The van der Waals surface area contributed by atoms with E-state index in [1.807, 2.05) is 0 Å². The van der Waals surface area contributed by atoms with Crippen molar-refractivity contribution in [3.63, 3.8) is 0 Å². The number of hydrogen-bond acceptors (Lipinski definition) is 3. The summed E-state index contributed by atoms with van der Waals surface area (Å²) in [5, 5.41) is 2.53. The molecule has 0 aliphatic carbocycles. The second kappa shape index (κ2) is 8.82. The van der Waals surface area contributed by atoms with Gasteiger partial charge in [0, 0.05) is 29.4 Å². The molecular weight excluding hydrogens is 434 g/mol. The van der Waals surface area contributed by atoms with Gasteiger partial charge < -0.3 is 16.0 Å².